The Bertz CT molecular complexity index is 1200. The lowest BCUT2D eigenvalue weighted by Crippen LogP contribution is -2.32. The predicted octanol–water partition coefficient (Wildman–Crippen LogP) is 3.39. The Labute approximate surface area is 198 Å². The summed E-state index contributed by atoms with van der Waals surface area (Å²) >= 11 is 0. The van der Waals surface area contributed by atoms with Gasteiger partial charge >= 0.3 is 0 Å². The third kappa shape index (κ3) is 6.46. The molecule has 0 saturated carbocycles. The molecule has 0 aliphatic heterocycles. The van der Waals surface area contributed by atoms with Crippen LogP contribution < -0.4 is 20.4 Å². The highest BCUT2D eigenvalue weighted by Gasteiger charge is 2.14. The first kappa shape index (κ1) is 24.1. The van der Waals surface area contributed by atoms with E-state index < -0.39 is 11.8 Å². The zero-order chi connectivity index (χ0) is 24.5. The van der Waals surface area contributed by atoms with Gasteiger partial charge in [0.2, 0.25) is 0 Å². The smallest absolute Gasteiger partial charge is 0.287 e. The molecule has 0 heterocycles. The fraction of sp³-hybridized carbons (Fsp3) is 0.115. The summed E-state index contributed by atoms with van der Waals surface area (Å²) in [5, 5.41) is 16.3. The first-order valence-electron chi connectivity index (χ1n) is 10.4. The van der Waals surface area contributed by atoms with Gasteiger partial charge in [0.05, 0.1) is 13.3 Å². The summed E-state index contributed by atoms with van der Waals surface area (Å²) in [4.78, 5) is 27.5. The standard InChI is InChI=1S/C26H26N4O4/c1-30(2)21-12-9-18(10-13-21)15-22(28-25(32)20-7-5-4-6-8-20)26(33)29-27-17-19-11-14-23(31)24(16-19)34-3/h4-17,31H,1-3H3,(H,28,32)(H,29,33)/b22-15+,27-17+. The number of ether oxygens (including phenoxy) is 1. The van der Waals surface area contributed by atoms with Crippen molar-refractivity contribution in [3.05, 3.63) is 95.2 Å². The SMILES string of the molecule is COc1cc(/C=N/NC(=O)/C(=C\c2ccc(N(C)C)cc2)NC(=O)c2ccccc2)ccc1O. The van der Waals surface area contributed by atoms with Crippen LogP contribution in [0.3, 0.4) is 0 Å². The number of phenolic OH excluding ortho intramolecular Hbond substituents is 1. The summed E-state index contributed by atoms with van der Waals surface area (Å²) in [5.74, 6) is -0.730. The number of carbonyl (C=O) groups excluding carboxylic acids is 2. The molecule has 0 spiro atoms. The van der Waals surface area contributed by atoms with E-state index >= 15 is 0 Å². The van der Waals surface area contributed by atoms with E-state index in [2.05, 4.69) is 15.8 Å². The maximum Gasteiger partial charge on any atom is 0.287 e. The molecule has 0 aromatic heterocycles. The Balaban J connectivity index is 1.81. The Morgan fingerprint density at radius 2 is 1.65 bits per heavy atom. The molecule has 2 amide bonds. The monoisotopic (exact) mass is 458 g/mol. The van der Waals surface area contributed by atoms with Crippen molar-refractivity contribution in [2.45, 2.75) is 0 Å². The Kier molecular flexibility index (Phi) is 8.02. The lowest BCUT2D eigenvalue weighted by atomic mass is 10.1. The molecule has 0 fully saturated rings. The molecular formula is C26H26N4O4. The Hall–Kier alpha value is -4.59. The molecule has 0 atom stereocenters. The molecule has 8 nitrogen and oxygen atoms in total. The summed E-state index contributed by atoms with van der Waals surface area (Å²) in [6, 6.07) is 20.8. The average Bonchev–Trinajstić information content (AvgIpc) is 2.85. The van der Waals surface area contributed by atoms with Crippen molar-refractivity contribution >= 4 is 29.8 Å². The Morgan fingerprint density at radius 1 is 0.971 bits per heavy atom. The second-order valence-electron chi connectivity index (χ2n) is 7.49. The molecule has 0 saturated heterocycles. The molecule has 0 aliphatic rings. The number of phenols is 1. The number of benzene rings is 3. The van der Waals surface area contributed by atoms with Crippen LogP contribution >= 0.6 is 0 Å². The quantitative estimate of drug-likeness (QED) is 0.273. The number of hydrogen-bond donors (Lipinski definition) is 3. The number of aromatic hydroxyl groups is 1. The van der Waals surface area contributed by atoms with Gasteiger partial charge in [-0.3, -0.25) is 9.59 Å². The zero-order valence-electron chi connectivity index (χ0n) is 19.1. The summed E-state index contributed by atoms with van der Waals surface area (Å²) in [6.45, 7) is 0. The minimum absolute atomic E-state index is 0.00202. The van der Waals surface area contributed by atoms with Gasteiger partial charge in [0, 0.05) is 25.3 Å². The summed E-state index contributed by atoms with van der Waals surface area (Å²) in [6.07, 6.45) is 2.98. The van der Waals surface area contributed by atoms with Crippen LogP contribution in [0, 0.1) is 0 Å². The van der Waals surface area contributed by atoms with Gasteiger partial charge in [-0.25, -0.2) is 5.43 Å². The van der Waals surface area contributed by atoms with Crippen molar-refractivity contribution in [1.29, 1.82) is 0 Å². The number of methoxy groups -OCH3 is 1. The zero-order valence-corrected chi connectivity index (χ0v) is 19.1. The van der Waals surface area contributed by atoms with Crippen LogP contribution in [-0.4, -0.2) is 44.3 Å². The fourth-order valence-corrected chi connectivity index (χ4v) is 2.98. The molecule has 0 bridgehead atoms. The molecule has 0 unspecified atom stereocenters. The maximum atomic E-state index is 12.9. The van der Waals surface area contributed by atoms with Crippen LogP contribution in [0.1, 0.15) is 21.5 Å². The highest BCUT2D eigenvalue weighted by Crippen LogP contribution is 2.25. The molecule has 34 heavy (non-hydrogen) atoms. The van der Waals surface area contributed by atoms with E-state index in [1.807, 2.05) is 43.3 Å². The lowest BCUT2D eigenvalue weighted by Gasteiger charge is -2.12. The number of rotatable bonds is 8. The molecule has 174 valence electrons. The highest BCUT2D eigenvalue weighted by atomic mass is 16.5. The van der Waals surface area contributed by atoms with Crippen molar-refractivity contribution in [2.24, 2.45) is 5.10 Å². The number of carbonyl (C=O) groups is 2. The van der Waals surface area contributed by atoms with Crippen molar-refractivity contribution in [3.8, 4) is 11.5 Å². The van der Waals surface area contributed by atoms with Crippen molar-refractivity contribution in [2.75, 3.05) is 26.1 Å². The topological polar surface area (TPSA) is 103 Å². The minimum atomic E-state index is -0.594. The highest BCUT2D eigenvalue weighted by molar-refractivity contribution is 6.05. The minimum Gasteiger partial charge on any atom is -0.504 e. The van der Waals surface area contributed by atoms with Gasteiger partial charge in [-0.2, -0.15) is 5.10 Å². The molecule has 3 rings (SSSR count). The van der Waals surface area contributed by atoms with Gasteiger partial charge in [0.25, 0.3) is 11.8 Å². The molecule has 3 aromatic carbocycles. The van der Waals surface area contributed by atoms with E-state index in [1.54, 1.807) is 48.5 Å². The first-order valence-corrected chi connectivity index (χ1v) is 10.4. The van der Waals surface area contributed by atoms with E-state index in [1.165, 1.54) is 19.4 Å². The molecule has 3 N–H and O–H groups in total. The van der Waals surface area contributed by atoms with Gasteiger partial charge < -0.3 is 20.1 Å². The van der Waals surface area contributed by atoms with E-state index in [0.29, 0.717) is 11.1 Å². The van der Waals surface area contributed by atoms with Gasteiger partial charge in [-0.1, -0.05) is 30.3 Å². The molecule has 0 radical (unpaired) electrons. The Morgan fingerprint density at radius 3 is 2.29 bits per heavy atom. The second kappa shape index (κ2) is 11.3. The number of anilines is 1. The number of hydrazone groups is 1. The van der Waals surface area contributed by atoms with Crippen molar-refractivity contribution < 1.29 is 19.4 Å². The molecule has 8 heteroatoms. The number of hydrogen-bond acceptors (Lipinski definition) is 6. The van der Waals surface area contributed by atoms with Gasteiger partial charge in [-0.15, -0.1) is 0 Å². The second-order valence-corrected chi connectivity index (χ2v) is 7.49. The van der Waals surface area contributed by atoms with E-state index in [0.717, 1.165) is 11.3 Å². The van der Waals surface area contributed by atoms with E-state index in [9.17, 15) is 14.7 Å². The number of amides is 2. The summed E-state index contributed by atoms with van der Waals surface area (Å²) < 4.78 is 5.07. The third-order valence-electron chi connectivity index (χ3n) is 4.83. The fourth-order valence-electron chi connectivity index (χ4n) is 2.98. The van der Waals surface area contributed by atoms with Crippen LogP contribution in [0.4, 0.5) is 5.69 Å². The summed E-state index contributed by atoms with van der Waals surface area (Å²) in [5.41, 5.74) is 5.22. The molecule has 0 aliphatic carbocycles. The van der Waals surface area contributed by atoms with E-state index in [-0.39, 0.29) is 17.2 Å². The van der Waals surface area contributed by atoms with Crippen LogP contribution in [-0.2, 0) is 4.79 Å². The van der Waals surface area contributed by atoms with Crippen LogP contribution in [0.15, 0.2) is 83.6 Å². The van der Waals surface area contributed by atoms with Gasteiger partial charge in [0.1, 0.15) is 5.70 Å². The van der Waals surface area contributed by atoms with Crippen molar-refractivity contribution in [1.82, 2.24) is 10.7 Å². The number of nitrogens with one attached hydrogen (secondary N) is 2. The largest absolute Gasteiger partial charge is 0.504 e. The summed E-state index contributed by atoms with van der Waals surface area (Å²) in [7, 11) is 5.31. The normalized spacial score (nSPS) is 11.2. The third-order valence-corrected chi connectivity index (χ3v) is 4.83. The number of nitrogens with zero attached hydrogens (tertiary/aromatic N) is 2. The van der Waals surface area contributed by atoms with Crippen LogP contribution in [0.2, 0.25) is 0 Å². The van der Waals surface area contributed by atoms with E-state index in [4.69, 9.17) is 4.74 Å². The van der Waals surface area contributed by atoms with Gasteiger partial charge in [-0.05, 0) is 59.7 Å². The molecule has 3 aromatic rings. The van der Waals surface area contributed by atoms with Crippen LogP contribution in [0.5, 0.6) is 11.5 Å². The van der Waals surface area contributed by atoms with Gasteiger partial charge in [0.15, 0.2) is 11.5 Å². The van der Waals surface area contributed by atoms with Crippen LogP contribution in [0.25, 0.3) is 6.08 Å². The maximum absolute atomic E-state index is 12.9. The van der Waals surface area contributed by atoms with Crippen molar-refractivity contribution in [3.63, 3.8) is 0 Å². The molecular weight excluding hydrogens is 432 g/mol. The predicted molar refractivity (Wildman–Crippen MR) is 133 cm³/mol. The first-order chi connectivity index (χ1) is 16.4. The average molecular weight is 459 g/mol. The lowest BCUT2D eigenvalue weighted by molar-refractivity contribution is -0.117.